The van der Waals surface area contributed by atoms with Crippen LogP contribution in [-0.2, 0) is 4.79 Å². The third-order valence-corrected chi connectivity index (χ3v) is 4.44. The number of aliphatic hydroxyl groups is 1. The molecule has 0 aliphatic rings. The molecule has 0 spiro atoms. The number of hydrogen-bond donors (Lipinski definition) is 1. The van der Waals surface area contributed by atoms with Crippen molar-refractivity contribution in [2.24, 2.45) is 10.8 Å². The van der Waals surface area contributed by atoms with Gasteiger partial charge in [-0.3, -0.25) is 9.18 Å². The van der Waals surface area contributed by atoms with Crippen molar-refractivity contribution in [1.82, 2.24) is 0 Å². The zero-order valence-corrected chi connectivity index (χ0v) is 13.1. The van der Waals surface area contributed by atoms with Gasteiger partial charge in [0.1, 0.15) is 5.76 Å². The third kappa shape index (κ3) is 4.63. The van der Waals surface area contributed by atoms with Crippen LogP contribution in [0, 0.1) is 10.8 Å². The summed E-state index contributed by atoms with van der Waals surface area (Å²) in [6.07, 6.45) is 4.67. The molecule has 0 saturated carbocycles. The maximum atomic E-state index is 12.2. The second-order valence-electron chi connectivity index (χ2n) is 5.91. The number of rotatable bonds is 9. The molecule has 2 nitrogen and oxygen atoms in total. The van der Waals surface area contributed by atoms with Crippen LogP contribution >= 0.6 is 0 Å². The standard InChI is InChI=1S/C16H29FO2/c1-6-16(7-2,8-3)14(19)12-13(18)15(4,5)10-9-11-17/h12,19H,6-11H2,1-5H3/b14-12-. The highest BCUT2D eigenvalue weighted by atomic mass is 19.1. The lowest BCUT2D eigenvalue weighted by Crippen LogP contribution is -2.26. The molecule has 0 saturated heterocycles. The van der Waals surface area contributed by atoms with Crippen molar-refractivity contribution < 1.29 is 14.3 Å². The van der Waals surface area contributed by atoms with Gasteiger partial charge in [-0.15, -0.1) is 0 Å². The van der Waals surface area contributed by atoms with Crippen LogP contribution in [0.3, 0.4) is 0 Å². The first-order chi connectivity index (χ1) is 8.79. The van der Waals surface area contributed by atoms with Crippen LogP contribution in [0.2, 0.25) is 0 Å². The van der Waals surface area contributed by atoms with Crippen LogP contribution in [0.15, 0.2) is 11.8 Å². The van der Waals surface area contributed by atoms with E-state index in [0.717, 1.165) is 19.3 Å². The van der Waals surface area contributed by atoms with Crippen molar-refractivity contribution >= 4 is 5.78 Å². The van der Waals surface area contributed by atoms with Crippen LogP contribution < -0.4 is 0 Å². The van der Waals surface area contributed by atoms with Gasteiger partial charge in [-0.05, 0) is 32.1 Å². The van der Waals surface area contributed by atoms with Gasteiger partial charge in [0.05, 0.1) is 6.67 Å². The first-order valence-electron chi connectivity index (χ1n) is 7.31. The van der Waals surface area contributed by atoms with E-state index in [1.165, 1.54) is 6.08 Å². The van der Waals surface area contributed by atoms with Gasteiger partial charge in [0.25, 0.3) is 0 Å². The van der Waals surface area contributed by atoms with E-state index >= 15 is 0 Å². The van der Waals surface area contributed by atoms with Gasteiger partial charge in [-0.25, -0.2) is 0 Å². The summed E-state index contributed by atoms with van der Waals surface area (Å²) in [5, 5.41) is 10.3. The molecule has 112 valence electrons. The largest absolute Gasteiger partial charge is 0.512 e. The van der Waals surface area contributed by atoms with E-state index in [2.05, 4.69) is 0 Å². The summed E-state index contributed by atoms with van der Waals surface area (Å²) in [5.74, 6) is 0.0662. The molecular formula is C16H29FO2. The van der Waals surface area contributed by atoms with E-state index < -0.39 is 12.1 Å². The van der Waals surface area contributed by atoms with Gasteiger partial charge in [0.2, 0.25) is 0 Å². The molecule has 1 N–H and O–H groups in total. The highest BCUT2D eigenvalue weighted by molar-refractivity contribution is 5.94. The fourth-order valence-corrected chi connectivity index (χ4v) is 2.40. The predicted octanol–water partition coefficient (Wildman–Crippen LogP) is 4.99. The van der Waals surface area contributed by atoms with Crippen molar-refractivity contribution in [1.29, 1.82) is 0 Å². The molecule has 0 fully saturated rings. The SMILES string of the molecule is CCC(CC)(CC)/C(O)=C/C(=O)C(C)(C)CCCF. The third-order valence-electron chi connectivity index (χ3n) is 4.44. The van der Waals surface area contributed by atoms with Gasteiger partial charge >= 0.3 is 0 Å². The number of alkyl halides is 1. The minimum atomic E-state index is -0.610. The molecule has 0 radical (unpaired) electrons. The Hall–Kier alpha value is -0.860. The van der Waals surface area contributed by atoms with E-state index in [1.54, 1.807) is 13.8 Å². The van der Waals surface area contributed by atoms with Crippen molar-refractivity contribution in [3.8, 4) is 0 Å². The maximum Gasteiger partial charge on any atom is 0.164 e. The molecule has 0 aliphatic heterocycles. The second kappa shape index (κ2) is 7.66. The Morgan fingerprint density at radius 1 is 1.16 bits per heavy atom. The molecule has 0 unspecified atom stereocenters. The predicted molar refractivity (Wildman–Crippen MR) is 78.0 cm³/mol. The molecule has 0 aromatic heterocycles. The van der Waals surface area contributed by atoms with E-state index in [-0.39, 0.29) is 17.0 Å². The van der Waals surface area contributed by atoms with Crippen molar-refractivity contribution in [2.75, 3.05) is 6.67 Å². The average molecular weight is 272 g/mol. The Morgan fingerprint density at radius 3 is 2.00 bits per heavy atom. The lowest BCUT2D eigenvalue weighted by molar-refractivity contribution is -0.122. The highest BCUT2D eigenvalue weighted by Gasteiger charge is 2.32. The summed E-state index contributed by atoms with van der Waals surface area (Å²) < 4.78 is 12.2. The topological polar surface area (TPSA) is 37.3 Å². The number of aliphatic hydroxyl groups excluding tert-OH is 1. The van der Waals surface area contributed by atoms with Gasteiger partial charge < -0.3 is 5.11 Å². The smallest absolute Gasteiger partial charge is 0.164 e. The molecule has 0 heterocycles. The molecule has 0 aliphatic carbocycles. The summed E-state index contributed by atoms with van der Waals surface area (Å²) in [7, 11) is 0. The number of allylic oxidation sites excluding steroid dienone is 2. The maximum absolute atomic E-state index is 12.2. The first-order valence-corrected chi connectivity index (χ1v) is 7.31. The zero-order valence-electron chi connectivity index (χ0n) is 13.1. The quantitative estimate of drug-likeness (QED) is 0.474. The minimum Gasteiger partial charge on any atom is -0.512 e. The van der Waals surface area contributed by atoms with Crippen molar-refractivity contribution in [3.63, 3.8) is 0 Å². The van der Waals surface area contributed by atoms with Crippen molar-refractivity contribution in [2.45, 2.75) is 66.7 Å². The molecule has 19 heavy (non-hydrogen) atoms. The molecular weight excluding hydrogens is 243 g/mol. The fourth-order valence-electron chi connectivity index (χ4n) is 2.40. The lowest BCUT2D eigenvalue weighted by Gasteiger charge is -2.30. The number of halogens is 1. The van der Waals surface area contributed by atoms with Crippen LogP contribution in [0.4, 0.5) is 4.39 Å². The van der Waals surface area contributed by atoms with Crippen LogP contribution in [0.5, 0.6) is 0 Å². The molecule has 0 bridgehead atoms. The number of carbonyl (C=O) groups excluding carboxylic acids is 1. The van der Waals surface area contributed by atoms with E-state index in [1.807, 2.05) is 20.8 Å². The van der Waals surface area contributed by atoms with Gasteiger partial charge in [-0.1, -0.05) is 34.6 Å². The summed E-state index contributed by atoms with van der Waals surface area (Å²) in [6.45, 7) is 9.27. The summed E-state index contributed by atoms with van der Waals surface area (Å²) in [4.78, 5) is 12.2. The number of ketones is 1. The zero-order chi connectivity index (χ0) is 15.1. The van der Waals surface area contributed by atoms with Gasteiger partial charge in [0, 0.05) is 16.9 Å². The Bertz CT molecular complexity index is 306. The van der Waals surface area contributed by atoms with E-state index in [4.69, 9.17) is 0 Å². The minimum absolute atomic E-state index is 0.113. The summed E-state index contributed by atoms with van der Waals surface area (Å²) in [5.41, 5.74) is -0.910. The molecule has 3 heteroatoms. The normalized spacial score (nSPS) is 13.7. The van der Waals surface area contributed by atoms with E-state index in [0.29, 0.717) is 12.8 Å². The Balaban J connectivity index is 5.06. The lowest BCUT2D eigenvalue weighted by atomic mass is 9.76. The van der Waals surface area contributed by atoms with Crippen LogP contribution in [0.25, 0.3) is 0 Å². The molecule has 0 aromatic carbocycles. The van der Waals surface area contributed by atoms with Gasteiger partial charge in [-0.2, -0.15) is 0 Å². The molecule has 0 aromatic rings. The number of carbonyl (C=O) groups is 1. The summed E-state index contributed by atoms with van der Waals surface area (Å²) in [6, 6.07) is 0. The van der Waals surface area contributed by atoms with Crippen LogP contribution in [0.1, 0.15) is 66.7 Å². The Labute approximate surface area is 117 Å². The van der Waals surface area contributed by atoms with E-state index in [9.17, 15) is 14.3 Å². The number of hydrogen-bond acceptors (Lipinski definition) is 2. The van der Waals surface area contributed by atoms with Crippen molar-refractivity contribution in [3.05, 3.63) is 11.8 Å². The Morgan fingerprint density at radius 2 is 1.63 bits per heavy atom. The second-order valence-corrected chi connectivity index (χ2v) is 5.91. The first kappa shape index (κ1) is 18.1. The van der Waals surface area contributed by atoms with Crippen LogP contribution in [-0.4, -0.2) is 17.6 Å². The molecule has 0 rings (SSSR count). The molecule has 0 atom stereocenters. The Kier molecular flexibility index (Phi) is 7.32. The highest BCUT2D eigenvalue weighted by Crippen LogP contribution is 2.38. The summed E-state index contributed by atoms with van der Waals surface area (Å²) >= 11 is 0. The fraction of sp³-hybridized carbons (Fsp3) is 0.812. The van der Waals surface area contributed by atoms with Gasteiger partial charge in [0.15, 0.2) is 5.78 Å². The average Bonchev–Trinajstić information content (AvgIpc) is 2.39. The monoisotopic (exact) mass is 272 g/mol. The molecule has 0 amide bonds.